The maximum atomic E-state index is 13.0. The van der Waals surface area contributed by atoms with Crippen molar-refractivity contribution in [1.29, 1.82) is 0 Å². The van der Waals surface area contributed by atoms with Crippen LogP contribution in [0.3, 0.4) is 0 Å². The number of hydrogen-bond acceptors (Lipinski definition) is 3. The summed E-state index contributed by atoms with van der Waals surface area (Å²) >= 11 is 5.89. The molecule has 0 radical (unpaired) electrons. The summed E-state index contributed by atoms with van der Waals surface area (Å²) < 4.78 is 65.7. The number of nitrogens with zero attached hydrogens (tertiary/aromatic N) is 1. The van der Waals surface area contributed by atoms with Crippen LogP contribution in [0.4, 0.5) is 13.2 Å². The van der Waals surface area contributed by atoms with Crippen molar-refractivity contribution in [2.75, 3.05) is 13.1 Å². The van der Waals surface area contributed by atoms with Crippen LogP contribution in [0.5, 0.6) is 0 Å². The number of piperidine rings is 1. The Labute approximate surface area is 177 Å². The van der Waals surface area contributed by atoms with E-state index < -0.39 is 26.7 Å². The molecule has 0 unspecified atom stereocenters. The molecule has 162 valence electrons. The van der Waals surface area contributed by atoms with Crippen molar-refractivity contribution >= 4 is 27.5 Å². The Bertz CT molecular complexity index is 1010. The van der Waals surface area contributed by atoms with Crippen molar-refractivity contribution < 1.29 is 26.4 Å². The van der Waals surface area contributed by atoms with E-state index >= 15 is 0 Å². The van der Waals surface area contributed by atoms with Gasteiger partial charge in [-0.25, -0.2) is 8.42 Å². The molecule has 2 aromatic rings. The van der Waals surface area contributed by atoms with Gasteiger partial charge in [-0.3, -0.25) is 4.79 Å². The number of carbonyl (C=O) groups is 1. The van der Waals surface area contributed by atoms with Crippen LogP contribution < -0.4 is 5.32 Å². The maximum Gasteiger partial charge on any atom is 0.416 e. The fourth-order valence-corrected chi connectivity index (χ4v) is 5.27. The van der Waals surface area contributed by atoms with Crippen LogP contribution in [-0.2, 0) is 27.5 Å². The number of benzene rings is 2. The van der Waals surface area contributed by atoms with E-state index in [1.807, 2.05) is 30.3 Å². The number of amides is 1. The molecule has 1 aliphatic rings. The smallest absolute Gasteiger partial charge is 0.352 e. The highest BCUT2D eigenvalue weighted by Gasteiger charge is 2.36. The lowest BCUT2D eigenvalue weighted by Gasteiger charge is -2.31. The van der Waals surface area contributed by atoms with E-state index in [0.717, 1.165) is 22.0 Å². The van der Waals surface area contributed by atoms with Gasteiger partial charge in [-0.15, -0.1) is 0 Å². The Morgan fingerprint density at radius 3 is 2.33 bits per heavy atom. The minimum Gasteiger partial charge on any atom is -0.352 e. The largest absolute Gasteiger partial charge is 0.416 e. The first-order valence-corrected chi connectivity index (χ1v) is 11.1. The lowest BCUT2D eigenvalue weighted by molar-refractivity contribution is -0.137. The van der Waals surface area contributed by atoms with Crippen molar-refractivity contribution in [2.24, 2.45) is 5.92 Å². The van der Waals surface area contributed by atoms with E-state index in [0.29, 0.717) is 12.6 Å². The first kappa shape index (κ1) is 22.6. The highest BCUT2D eigenvalue weighted by molar-refractivity contribution is 7.89. The SMILES string of the molecule is O=C(NCc1ccccc1)C1CCN(S(=O)(=O)c2cc(C(F)(F)F)ccc2Cl)CC1. The summed E-state index contributed by atoms with van der Waals surface area (Å²) in [6, 6.07) is 11.6. The molecular weight excluding hydrogens is 441 g/mol. The molecule has 1 fully saturated rings. The van der Waals surface area contributed by atoms with Crippen LogP contribution in [-0.4, -0.2) is 31.7 Å². The molecule has 30 heavy (non-hydrogen) atoms. The molecule has 1 aliphatic heterocycles. The maximum absolute atomic E-state index is 13.0. The van der Waals surface area contributed by atoms with Gasteiger partial charge in [-0.05, 0) is 36.6 Å². The van der Waals surface area contributed by atoms with Gasteiger partial charge >= 0.3 is 6.18 Å². The Balaban J connectivity index is 1.65. The molecule has 0 saturated carbocycles. The highest BCUT2D eigenvalue weighted by atomic mass is 35.5. The molecule has 0 bridgehead atoms. The second kappa shape index (κ2) is 8.95. The third kappa shape index (κ3) is 5.14. The monoisotopic (exact) mass is 460 g/mol. The van der Waals surface area contributed by atoms with Crippen molar-refractivity contribution in [3.63, 3.8) is 0 Å². The van der Waals surface area contributed by atoms with Gasteiger partial charge in [0.15, 0.2) is 0 Å². The Morgan fingerprint density at radius 2 is 1.73 bits per heavy atom. The van der Waals surface area contributed by atoms with Crippen LogP contribution in [0.1, 0.15) is 24.0 Å². The zero-order valence-electron chi connectivity index (χ0n) is 15.8. The predicted octanol–water partition coefficient (Wildman–Crippen LogP) is 4.08. The van der Waals surface area contributed by atoms with Crippen molar-refractivity contribution in [1.82, 2.24) is 9.62 Å². The van der Waals surface area contributed by atoms with Crippen molar-refractivity contribution in [2.45, 2.75) is 30.5 Å². The van der Waals surface area contributed by atoms with Gasteiger partial charge < -0.3 is 5.32 Å². The first-order valence-electron chi connectivity index (χ1n) is 9.27. The van der Waals surface area contributed by atoms with E-state index in [1.54, 1.807) is 0 Å². The van der Waals surface area contributed by atoms with Crippen LogP contribution in [0.25, 0.3) is 0 Å². The number of nitrogens with one attached hydrogen (secondary N) is 1. The normalized spacial score (nSPS) is 16.4. The molecule has 0 spiro atoms. The van der Waals surface area contributed by atoms with E-state index in [4.69, 9.17) is 11.6 Å². The lowest BCUT2D eigenvalue weighted by Crippen LogP contribution is -2.43. The molecule has 5 nitrogen and oxygen atoms in total. The van der Waals surface area contributed by atoms with Crippen molar-refractivity contribution in [3.8, 4) is 0 Å². The number of alkyl halides is 3. The molecule has 0 aromatic heterocycles. The van der Waals surface area contributed by atoms with Gasteiger partial charge in [0.25, 0.3) is 0 Å². The minimum absolute atomic E-state index is 0.0261. The molecule has 1 heterocycles. The quantitative estimate of drug-likeness (QED) is 0.731. The van der Waals surface area contributed by atoms with Crippen LogP contribution in [0.15, 0.2) is 53.4 Å². The molecule has 0 atom stereocenters. The van der Waals surface area contributed by atoms with Gasteiger partial charge in [0.2, 0.25) is 15.9 Å². The van der Waals surface area contributed by atoms with E-state index in [1.165, 1.54) is 0 Å². The molecule has 2 aromatic carbocycles. The molecule has 1 saturated heterocycles. The molecule has 3 rings (SSSR count). The zero-order valence-corrected chi connectivity index (χ0v) is 17.4. The molecule has 10 heteroatoms. The van der Waals surface area contributed by atoms with Crippen molar-refractivity contribution in [3.05, 3.63) is 64.7 Å². The van der Waals surface area contributed by atoms with Crippen LogP contribution in [0, 0.1) is 5.92 Å². The zero-order chi connectivity index (χ0) is 21.9. The van der Waals surface area contributed by atoms with Crippen LogP contribution in [0.2, 0.25) is 5.02 Å². The van der Waals surface area contributed by atoms with E-state index in [9.17, 15) is 26.4 Å². The summed E-state index contributed by atoms with van der Waals surface area (Å²) in [5.74, 6) is -0.537. The van der Waals surface area contributed by atoms with Gasteiger partial charge in [0, 0.05) is 25.6 Å². The number of rotatable bonds is 5. The average molecular weight is 461 g/mol. The number of hydrogen-bond donors (Lipinski definition) is 1. The number of halogens is 4. The molecular formula is C20H20ClF3N2O3S. The van der Waals surface area contributed by atoms with Crippen LogP contribution >= 0.6 is 11.6 Å². The second-order valence-corrected chi connectivity index (χ2v) is 9.34. The summed E-state index contributed by atoms with van der Waals surface area (Å²) in [6.07, 6.45) is -4.13. The molecule has 1 amide bonds. The first-order chi connectivity index (χ1) is 14.1. The van der Waals surface area contributed by atoms with E-state index in [2.05, 4.69) is 5.32 Å². The Morgan fingerprint density at radius 1 is 1.10 bits per heavy atom. The van der Waals surface area contributed by atoms with Gasteiger partial charge in [-0.2, -0.15) is 17.5 Å². The number of sulfonamides is 1. The van der Waals surface area contributed by atoms with Gasteiger partial charge in [0.05, 0.1) is 10.6 Å². The Kier molecular flexibility index (Phi) is 6.74. The topological polar surface area (TPSA) is 66.5 Å². The fourth-order valence-electron chi connectivity index (χ4n) is 3.30. The lowest BCUT2D eigenvalue weighted by atomic mass is 9.97. The Hall–Kier alpha value is -2.10. The second-order valence-electron chi connectivity index (χ2n) is 7.02. The number of carbonyl (C=O) groups excluding carboxylic acids is 1. The minimum atomic E-state index is -4.68. The highest BCUT2D eigenvalue weighted by Crippen LogP contribution is 2.35. The average Bonchev–Trinajstić information content (AvgIpc) is 2.72. The third-order valence-electron chi connectivity index (χ3n) is 5.01. The summed E-state index contributed by atoms with van der Waals surface area (Å²) in [4.78, 5) is 11.8. The van der Waals surface area contributed by atoms with Gasteiger partial charge in [0.1, 0.15) is 4.90 Å². The predicted molar refractivity (Wildman–Crippen MR) is 106 cm³/mol. The summed E-state index contributed by atoms with van der Waals surface area (Å²) in [5.41, 5.74) is -0.134. The fraction of sp³-hybridized carbons (Fsp3) is 0.350. The summed E-state index contributed by atoms with van der Waals surface area (Å²) in [5, 5.41) is 2.56. The third-order valence-corrected chi connectivity index (χ3v) is 7.39. The van der Waals surface area contributed by atoms with E-state index in [-0.39, 0.29) is 42.8 Å². The molecule has 1 N–H and O–H groups in total. The van der Waals surface area contributed by atoms with Gasteiger partial charge in [-0.1, -0.05) is 41.9 Å². The summed E-state index contributed by atoms with van der Waals surface area (Å²) in [7, 11) is -4.21. The standard InChI is InChI=1S/C20H20ClF3N2O3S/c21-17-7-6-16(20(22,23)24)12-18(17)30(28,29)26-10-8-15(9-11-26)19(27)25-13-14-4-2-1-3-5-14/h1-7,12,15H,8-11,13H2,(H,25,27). The summed E-state index contributed by atoms with van der Waals surface area (Å²) in [6.45, 7) is 0.425. The molecule has 0 aliphatic carbocycles.